The van der Waals surface area contributed by atoms with Crippen molar-refractivity contribution in [3.63, 3.8) is 0 Å². The molecule has 1 amide bonds. The smallest absolute Gasteiger partial charge is 0.261 e. The summed E-state index contributed by atoms with van der Waals surface area (Å²) in [5, 5.41) is 0. The fraction of sp³-hybridized carbons (Fsp3) is 0.370. The van der Waals surface area contributed by atoms with Crippen LogP contribution in [0.1, 0.15) is 40.5 Å². The molecule has 1 spiro atoms. The molecule has 5 nitrogen and oxygen atoms in total. The zero-order valence-corrected chi connectivity index (χ0v) is 20.2. The van der Waals surface area contributed by atoms with Crippen LogP contribution >= 0.6 is 0 Å². The van der Waals surface area contributed by atoms with E-state index in [9.17, 15) is 4.79 Å². The Hall–Kier alpha value is -3.05. The van der Waals surface area contributed by atoms with E-state index >= 15 is 0 Å². The maximum atomic E-state index is 13.6. The van der Waals surface area contributed by atoms with Crippen molar-refractivity contribution in [2.24, 2.45) is 0 Å². The van der Waals surface area contributed by atoms with E-state index in [4.69, 9.17) is 14.2 Å². The number of rotatable bonds is 8. The third-order valence-electron chi connectivity index (χ3n) is 5.98. The second kappa shape index (κ2) is 10.5. The SMILES string of the molecule is C=CC(=C\C(OC)=C(/C)OC)/C(C)=C/C(C)=C1\C(=C)C2(CCCO2)N(/C(C=C)=C/C)C1=O. The van der Waals surface area contributed by atoms with E-state index < -0.39 is 5.72 Å². The fourth-order valence-electron chi connectivity index (χ4n) is 4.21. The van der Waals surface area contributed by atoms with E-state index in [1.54, 1.807) is 31.3 Å². The molecule has 2 heterocycles. The van der Waals surface area contributed by atoms with Gasteiger partial charge in [0.25, 0.3) is 5.91 Å². The summed E-state index contributed by atoms with van der Waals surface area (Å²) in [6.45, 7) is 20.3. The van der Waals surface area contributed by atoms with Crippen molar-refractivity contribution in [3.8, 4) is 0 Å². The van der Waals surface area contributed by atoms with Gasteiger partial charge in [-0.2, -0.15) is 0 Å². The molecule has 0 aromatic rings. The highest BCUT2D eigenvalue weighted by Crippen LogP contribution is 2.48. The Morgan fingerprint density at radius 1 is 1.12 bits per heavy atom. The summed E-state index contributed by atoms with van der Waals surface area (Å²) in [4.78, 5) is 15.3. The van der Waals surface area contributed by atoms with Crippen molar-refractivity contribution in [1.82, 2.24) is 4.90 Å². The summed E-state index contributed by atoms with van der Waals surface area (Å²) in [7, 11) is 3.19. The number of carbonyl (C=O) groups excluding carboxylic acids is 1. The van der Waals surface area contributed by atoms with Crippen LogP contribution in [0, 0.1) is 0 Å². The van der Waals surface area contributed by atoms with Crippen LogP contribution in [0.25, 0.3) is 0 Å². The zero-order chi connectivity index (χ0) is 24.1. The van der Waals surface area contributed by atoms with E-state index in [-0.39, 0.29) is 5.91 Å². The van der Waals surface area contributed by atoms with Crippen LogP contribution in [0.2, 0.25) is 0 Å². The van der Waals surface area contributed by atoms with Gasteiger partial charge in [-0.3, -0.25) is 9.69 Å². The Kier molecular flexibility index (Phi) is 8.28. The Balaban J connectivity index is 2.60. The molecule has 0 aromatic heterocycles. The Labute approximate surface area is 192 Å². The van der Waals surface area contributed by atoms with Gasteiger partial charge in [0.2, 0.25) is 0 Å². The monoisotopic (exact) mass is 437 g/mol. The summed E-state index contributed by atoms with van der Waals surface area (Å²) in [5.41, 5.74) is 3.75. The maximum absolute atomic E-state index is 13.6. The van der Waals surface area contributed by atoms with Crippen LogP contribution in [0.5, 0.6) is 0 Å². The average molecular weight is 438 g/mol. The minimum atomic E-state index is -0.843. The normalized spacial score (nSPS) is 24.7. The number of likely N-dealkylation sites (tertiary alicyclic amines) is 1. The minimum absolute atomic E-state index is 0.122. The van der Waals surface area contributed by atoms with Crippen LogP contribution in [-0.4, -0.2) is 37.4 Å². The molecule has 0 N–H and O–H groups in total. The molecule has 0 radical (unpaired) electrons. The van der Waals surface area contributed by atoms with E-state index in [1.165, 1.54) is 0 Å². The second-order valence-electron chi connectivity index (χ2n) is 7.79. The molecule has 2 fully saturated rings. The number of hydrogen-bond acceptors (Lipinski definition) is 4. The highest BCUT2D eigenvalue weighted by Gasteiger charge is 2.55. The van der Waals surface area contributed by atoms with Crippen molar-refractivity contribution in [3.05, 3.63) is 95.2 Å². The molecule has 1 unspecified atom stereocenters. The molecule has 2 aliphatic heterocycles. The molecule has 2 saturated heterocycles. The number of hydrogen-bond donors (Lipinski definition) is 0. The maximum Gasteiger partial charge on any atom is 0.261 e. The molecule has 0 aliphatic carbocycles. The molecule has 0 aromatic carbocycles. The van der Waals surface area contributed by atoms with Gasteiger partial charge in [-0.1, -0.05) is 38.0 Å². The van der Waals surface area contributed by atoms with Gasteiger partial charge in [0, 0.05) is 17.7 Å². The molecule has 5 heteroatoms. The third-order valence-corrected chi connectivity index (χ3v) is 5.98. The summed E-state index contributed by atoms with van der Waals surface area (Å²) in [6, 6.07) is 0. The van der Waals surface area contributed by atoms with Crippen LogP contribution in [0.4, 0.5) is 0 Å². The van der Waals surface area contributed by atoms with Crippen molar-refractivity contribution in [1.29, 1.82) is 0 Å². The highest BCUT2D eigenvalue weighted by molar-refractivity contribution is 6.05. The number of carbonyl (C=O) groups is 1. The quantitative estimate of drug-likeness (QED) is 0.270. The molecule has 2 aliphatic rings. The first-order valence-corrected chi connectivity index (χ1v) is 10.7. The van der Waals surface area contributed by atoms with Crippen molar-refractivity contribution in [2.75, 3.05) is 20.8 Å². The lowest BCUT2D eigenvalue weighted by Gasteiger charge is -2.34. The summed E-state index contributed by atoms with van der Waals surface area (Å²) >= 11 is 0. The molecule has 2 rings (SSSR count). The lowest BCUT2D eigenvalue weighted by atomic mass is 9.94. The molecule has 32 heavy (non-hydrogen) atoms. The third kappa shape index (κ3) is 4.44. The number of methoxy groups -OCH3 is 2. The molecule has 172 valence electrons. The highest BCUT2D eigenvalue weighted by atomic mass is 16.5. The predicted octanol–water partition coefficient (Wildman–Crippen LogP) is 5.88. The van der Waals surface area contributed by atoms with E-state index in [2.05, 4.69) is 19.7 Å². The van der Waals surface area contributed by atoms with Crippen molar-refractivity contribution < 1.29 is 19.0 Å². The summed E-state index contributed by atoms with van der Waals surface area (Å²) in [6.07, 6.45) is 10.7. The van der Waals surface area contributed by atoms with Gasteiger partial charge in [0.05, 0.1) is 26.4 Å². The molecular formula is C27H35NO4. The first kappa shape index (κ1) is 25.2. The largest absolute Gasteiger partial charge is 0.498 e. The topological polar surface area (TPSA) is 48.0 Å². The fourth-order valence-corrected chi connectivity index (χ4v) is 4.21. The van der Waals surface area contributed by atoms with Gasteiger partial charge in [0.15, 0.2) is 11.5 Å². The first-order valence-electron chi connectivity index (χ1n) is 10.7. The Morgan fingerprint density at radius 3 is 2.28 bits per heavy atom. The van der Waals surface area contributed by atoms with E-state index in [0.29, 0.717) is 35.7 Å². The van der Waals surface area contributed by atoms with Crippen molar-refractivity contribution >= 4 is 5.91 Å². The lowest BCUT2D eigenvalue weighted by Crippen LogP contribution is -2.44. The molecule has 0 saturated carbocycles. The van der Waals surface area contributed by atoms with E-state index in [0.717, 1.165) is 28.8 Å². The molecule has 0 bridgehead atoms. The predicted molar refractivity (Wildman–Crippen MR) is 129 cm³/mol. The van der Waals surface area contributed by atoms with Crippen molar-refractivity contribution in [2.45, 2.75) is 46.3 Å². The van der Waals surface area contributed by atoms with Crippen LogP contribution in [0.15, 0.2) is 95.2 Å². The van der Waals surface area contributed by atoms with Crippen LogP contribution in [-0.2, 0) is 19.0 Å². The van der Waals surface area contributed by atoms with Gasteiger partial charge < -0.3 is 14.2 Å². The molecule has 1 atom stereocenters. The number of allylic oxidation sites excluding steroid dienone is 9. The van der Waals surface area contributed by atoms with Gasteiger partial charge in [-0.25, -0.2) is 0 Å². The minimum Gasteiger partial charge on any atom is -0.498 e. The summed E-state index contributed by atoms with van der Waals surface area (Å²) < 4.78 is 16.9. The number of nitrogens with zero attached hydrogens (tertiary/aromatic N) is 1. The van der Waals surface area contributed by atoms with Gasteiger partial charge in [-0.05, 0) is 63.0 Å². The molecular weight excluding hydrogens is 402 g/mol. The Bertz CT molecular complexity index is 966. The second-order valence-corrected chi connectivity index (χ2v) is 7.79. The summed E-state index contributed by atoms with van der Waals surface area (Å²) in [5.74, 6) is 1.15. The first-order chi connectivity index (χ1) is 15.2. The Morgan fingerprint density at radius 2 is 1.81 bits per heavy atom. The average Bonchev–Trinajstić information content (AvgIpc) is 3.34. The number of amides is 1. The van der Waals surface area contributed by atoms with Gasteiger partial charge >= 0.3 is 0 Å². The van der Waals surface area contributed by atoms with Crippen LogP contribution < -0.4 is 0 Å². The zero-order valence-electron chi connectivity index (χ0n) is 20.2. The number of ether oxygens (including phenoxy) is 3. The van der Waals surface area contributed by atoms with Crippen LogP contribution in [0.3, 0.4) is 0 Å². The van der Waals surface area contributed by atoms with Gasteiger partial charge in [-0.15, -0.1) is 0 Å². The van der Waals surface area contributed by atoms with Gasteiger partial charge in [0.1, 0.15) is 5.76 Å². The standard InChI is InChI=1S/C27H35NO4/c1-10-22(17-24(31-9)21(7)30-8)18(4)16-19(5)25-20(6)27(14-13-15-32-27)28(26(25)29)23(11-2)12-3/h10-12,16-17H,1-2,6,13-15H2,3-5,7-9H3/b18-16+,22-17+,23-12+,24-21-,25-19+. The lowest BCUT2D eigenvalue weighted by molar-refractivity contribution is -0.137. The van der Waals surface area contributed by atoms with E-state index in [1.807, 2.05) is 45.9 Å².